The number of rotatable bonds is 6. The Morgan fingerprint density at radius 2 is 2.00 bits per heavy atom. The maximum absolute atomic E-state index is 11.8. The molecule has 0 atom stereocenters. The highest BCUT2D eigenvalue weighted by Gasteiger charge is 2.03. The number of nitrogens with one attached hydrogen (secondary N) is 2. The fraction of sp³-hybridized carbons (Fsp3) is 0.500. The van der Waals surface area contributed by atoms with Crippen molar-refractivity contribution in [2.75, 3.05) is 5.32 Å². The molecule has 0 saturated heterocycles. The monoisotopic (exact) mass is 275 g/mol. The summed E-state index contributed by atoms with van der Waals surface area (Å²) in [7, 11) is 0. The summed E-state index contributed by atoms with van der Waals surface area (Å²) in [6, 6.07) is 5.67. The number of carbonyl (C=O) groups excluding carboxylic acids is 1. The Balaban J connectivity index is 2.47. The molecule has 0 aliphatic rings. The van der Waals surface area contributed by atoms with Crippen LogP contribution in [0.1, 0.15) is 50.7 Å². The van der Waals surface area contributed by atoms with Crippen LogP contribution in [0.3, 0.4) is 0 Å². The average molecular weight is 275 g/mol. The summed E-state index contributed by atoms with van der Waals surface area (Å²) in [5.41, 5.74) is 6.47. The van der Waals surface area contributed by atoms with Crippen LogP contribution in [-0.2, 0) is 0 Å². The largest absolute Gasteiger partial charge is 0.339 e. The molecule has 0 radical (unpaired) electrons. The Labute approximate surface area is 121 Å². The van der Waals surface area contributed by atoms with E-state index in [1.54, 1.807) is 0 Å². The lowest BCUT2D eigenvalue weighted by atomic mass is 10.1. The normalized spacial score (nSPS) is 11.3. The van der Waals surface area contributed by atoms with Crippen LogP contribution in [0.25, 0.3) is 0 Å². The second-order valence-electron chi connectivity index (χ2n) is 5.19. The number of unbranched alkanes of at least 4 members (excludes halogenated alkanes) is 2. The summed E-state index contributed by atoms with van der Waals surface area (Å²) in [6.45, 7) is 8.07. The lowest BCUT2D eigenvalue weighted by Crippen LogP contribution is -2.25. The standard InChI is InChI=1S/C16H25N3O/c1-5-6-7-8-14(4)18-19-16(20)17-15-11-12(2)9-10-13(15)3/h9-11H,5-8H2,1-4H3,(H2,17,19,20). The average Bonchev–Trinajstić information content (AvgIpc) is 2.41. The van der Waals surface area contributed by atoms with Crippen LogP contribution in [0.15, 0.2) is 23.3 Å². The van der Waals surface area contributed by atoms with E-state index in [4.69, 9.17) is 0 Å². The summed E-state index contributed by atoms with van der Waals surface area (Å²) >= 11 is 0. The highest BCUT2D eigenvalue weighted by molar-refractivity contribution is 5.91. The molecule has 0 saturated carbocycles. The first kappa shape index (κ1) is 16.2. The number of hydrogen-bond donors (Lipinski definition) is 2. The van der Waals surface area contributed by atoms with Gasteiger partial charge in [-0.15, -0.1) is 0 Å². The number of benzene rings is 1. The Kier molecular flexibility index (Phi) is 6.77. The summed E-state index contributed by atoms with van der Waals surface area (Å²) in [6.07, 6.45) is 4.43. The van der Waals surface area contributed by atoms with Crippen LogP contribution in [0.5, 0.6) is 0 Å². The van der Waals surface area contributed by atoms with Gasteiger partial charge in [-0.1, -0.05) is 31.9 Å². The van der Waals surface area contributed by atoms with Gasteiger partial charge in [0.05, 0.1) is 0 Å². The van der Waals surface area contributed by atoms with Crippen molar-refractivity contribution in [2.45, 2.75) is 53.4 Å². The molecule has 0 unspecified atom stereocenters. The summed E-state index contributed by atoms with van der Waals surface area (Å²) in [5.74, 6) is 0. The number of anilines is 1. The number of aryl methyl sites for hydroxylation is 2. The van der Waals surface area contributed by atoms with E-state index in [0.29, 0.717) is 0 Å². The molecule has 20 heavy (non-hydrogen) atoms. The highest BCUT2D eigenvalue weighted by Crippen LogP contribution is 2.15. The second-order valence-corrected chi connectivity index (χ2v) is 5.19. The van der Waals surface area contributed by atoms with Crippen LogP contribution in [0.4, 0.5) is 10.5 Å². The second kappa shape index (κ2) is 8.35. The predicted molar refractivity (Wildman–Crippen MR) is 85.3 cm³/mol. The van der Waals surface area contributed by atoms with Crippen LogP contribution in [-0.4, -0.2) is 11.7 Å². The minimum absolute atomic E-state index is 0.298. The number of hydrazone groups is 1. The molecule has 1 aromatic carbocycles. The number of hydrogen-bond acceptors (Lipinski definition) is 2. The highest BCUT2D eigenvalue weighted by atomic mass is 16.2. The van der Waals surface area contributed by atoms with Gasteiger partial charge in [-0.2, -0.15) is 5.10 Å². The van der Waals surface area contributed by atoms with Crippen molar-refractivity contribution >= 4 is 17.4 Å². The topological polar surface area (TPSA) is 53.5 Å². The van der Waals surface area contributed by atoms with E-state index in [9.17, 15) is 4.79 Å². The van der Waals surface area contributed by atoms with Crippen LogP contribution in [0, 0.1) is 13.8 Å². The van der Waals surface area contributed by atoms with E-state index in [0.717, 1.165) is 35.4 Å². The molecule has 1 aromatic rings. The number of amides is 2. The third-order valence-corrected chi connectivity index (χ3v) is 3.13. The number of nitrogens with zero attached hydrogens (tertiary/aromatic N) is 1. The van der Waals surface area contributed by atoms with Gasteiger partial charge in [-0.3, -0.25) is 0 Å². The van der Waals surface area contributed by atoms with Crippen molar-refractivity contribution in [3.05, 3.63) is 29.3 Å². The van der Waals surface area contributed by atoms with Gasteiger partial charge in [0.15, 0.2) is 0 Å². The van der Waals surface area contributed by atoms with Gasteiger partial charge in [0.25, 0.3) is 0 Å². The first-order valence-electron chi connectivity index (χ1n) is 7.20. The van der Waals surface area contributed by atoms with Crippen LogP contribution in [0.2, 0.25) is 0 Å². The van der Waals surface area contributed by atoms with Gasteiger partial charge in [-0.25, -0.2) is 10.2 Å². The van der Waals surface area contributed by atoms with Gasteiger partial charge < -0.3 is 5.32 Å². The van der Waals surface area contributed by atoms with Crippen molar-refractivity contribution in [2.24, 2.45) is 5.10 Å². The maximum atomic E-state index is 11.8. The zero-order valence-corrected chi connectivity index (χ0v) is 12.9. The first-order valence-corrected chi connectivity index (χ1v) is 7.20. The third-order valence-electron chi connectivity index (χ3n) is 3.13. The summed E-state index contributed by atoms with van der Waals surface area (Å²) in [5, 5.41) is 6.92. The zero-order valence-electron chi connectivity index (χ0n) is 12.9. The van der Waals surface area contributed by atoms with E-state index < -0.39 is 0 Å². The van der Waals surface area contributed by atoms with Crippen LogP contribution < -0.4 is 10.7 Å². The molecule has 0 aromatic heterocycles. The predicted octanol–water partition coefficient (Wildman–Crippen LogP) is 4.38. The molecule has 0 fully saturated rings. The zero-order chi connectivity index (χ0) is 15.0. The van der Waals surface area contributed by atoms with Crippen LogP contribution >= 0.6 is 0 Å². The summed E-state index contributed by atoms with van der Waals surface area (Å²) in [4.78, 5) is 11.8. The molecule has 0 aliphatic carbocycles. The third kappa shape index (κ3) is 5.87. The number of carbonyl (C=O) groups is 1. The van der Waals surface area contributed by atoms with Crippen molar-refractivity contribution < 1.29 is 4.79 Å². The Morgan fingerprint density at radius 1 is 1.25 bits per heavy atom. The van der Waals surface area contributed by atoms with Crippen molar-refractivity contribution in [1.82, 2.24) is 5.43 Å². The molecule has 0 spiro atoms. The van der Waals surface area contributed by atoms with E-state index in [2.05, 4.69) is 22.8 Å². The maximum Gasteiger partial charge on any atom is 0.339 e. The molecule has 110 valence electrons. The van der Waals surface area contributed by atoms with E-state index in [-0.39, 0.29) is 6.03 Å². The lowest BCUT2D eigenvalue weighted by molar-refractivity contribution is 0.252. The van der Waals surface area contributed by atoms with Crippen molar-refractivity contribution in [3.63, 3.8) is 0 Å². The first-order chi connectivity index (χ1) is 9.52. The van der Waals surface area contributed by atoms with Gasteiger partial charge >= 0.3 is 6.03 Å². The lowest BCUT2D eigenvalue weighted by Gasteiger charge is -2.09. The molecule has 2 N–H and O–H groups in total. The fourth-order valence-electron chi connectivity index (χ4n) is 1.85. The smallest absolute Gasteiger partial charge is 0.306 e. The quantitative estimate of drug-likeness (QED) is 0.452. The van der Waals surface area contributed by atoms with Gasteiger partial charge in [0.2, 0.25) is 0 Å². The minimum Gasteiger partial charge on any atom is -0.306 e. The van der Waals surface area contributed by atoms with Gasteiger partial charge in [-0.05, 0) is 50.8 Å². The SMILES string of the molecule is CCCCCC(C)=NNC(=O)Nc1cc(C)ccc1C. The van der Waals surface area contributed by atoms with Gasteiger partial charge in [0, 0.05) is 11.4 Å². The van der Waals surface area contributed by atoms with E-state index in [1.165, 1.54) is 12.8 Å². The van der Waals surface area contributed by atoms with Gasteiger partial charge in [0.1, 0.15) is 0 Å². The Bertz CT molecular complexity index is 481. The molecule has 4 nitrogen and oxygen atoms in total. The fourth-order valence-corrected chi connectivity index (χ4v) is 1.85. The molecule has 0 bridgehead atoms. The minimum atomic E-state index is -0.298. The molecule has 2 amide bonds. The van der Waals surface area contributed by atoms with E-state index in [1.807, 2.05) is 39.0 Å². The number of urea groups is 1. The Hall–Kier alpha value is -1.84. The van der Waals surface area contributed by atoms with Crippen molar-refractivity contribution in [3.8, 4) is 0 Å². The van der Waals surface area contributed by atoms with Crippen molar-refractivity contribution in [1.29, 1.82) is 0 Å². The molecule has 0 heterocycles. The molecular weight excluding hydrogens is 250 g/mol. The van der Waals surface area contributed by atoms with E-state index >= 15 is 0 Å². The summed E-state index contributed by atoms with van der Waals surface area (Å²) < 4.78 is 0. The molecule has 4 heteroatoms. The molecule has 1 rings (SSSR count). The Morgan fingerprint density at radius 3 is 2.70 bits per heavy atom. The molecular formula is C16H25N3O. The molecule has 0 aliphatic heterocycles.